The van der Waals surface area contributed by atoms with Crippen LogP contribution in [-0.4, -0.2) is 55.7 Å². The summed E-state index contributed by atoms with van der Waals surface area (Å²) in [5.74, 6) is -0.127. The summed E-state index contributed by atoms with van der Waals surface area (Å²) in [6, 6.07) is 6.76. The molecule has 0 saturated carbocycles. The summed E-state index contributed by atoms with van der Waals surface area (Å²) in [5.41, 5.74) is 3.65. The minimum atomic E-state index is -0.204. The molecule has 1 spiro atoms. The smallest absolute Gasteiger partial charge is 0.326 e. The number of benzene rings is 1. The van der Waals surface area contributed by atoms with Crippen molar-refractivity contribution in [1.29, 1.82) is 0 Å². The average molecular weight is 450 g/mol. The fourth-order valence-corrected chi connectivity index (χ4v) is 4.91. The van der Waals surface area contributed by atoms with Crippen molar-refractivity contribution < 1.29 is 14.3 Å². The van der Waals surface area contributed by atoms with Gasteiger partial charge in [0, 0.05) is 36.4 Å². The molecule has 2 fully saturated rings. The summed E-state index contributed by atoms with van der Waals surface area (Å²) < 4.78 is 6.09. The van der Waals surface area contributed by atoms with Gasteiger partial charge in [-0.1, -0.05) is 0 Å². The fraction of sp³-hybridized carbons (Fsp3) is 0.440. The largest absolute Gasteiger partial charge is 0.376 e. The topological polar surface area (TPSA) is 94.7 Å². The highest BCUT2D eigenvalue weighted by molar-refractivity contribution is 5.95. The number of carbonyl (C=O) groups is 2. The van der Waals surface area contributed by atoms with Crippen LogP contribution in [0.1, 0.15) is 36.0 Å². The Bertz CT molecular complexity index is 982. The number of piperidine rings is 1. The van der Waals surface area contributed by atoms with Gasteiger partial charge in [0.15, 0.2) is 0 Å². The zero-order valence-electron chi connectivity index (χ0n) is 18.7. The van der Waals surface area contributed by atoms with Crippen molar-refractivity contribution in [3.63, 3.8) is 0 Å². The van der Waals surface area contributed by atoms with E-state index >= 15 is 0 Å². The van der Waals surface area contributed by atoms with Crippen LogP contribution < -0.4 is 21.3 Å². The molecule has 5 rings (SSSR count). The van der Waals surface area contributed by atoms with Crippen molar-refractivity contribution in [2.24, 2.45) is 5.41 Å². The number of rotatable bonds is 4. The summed E-state index contributed by atoms with van der Waals surface area (Å²) in [6.45, 7) is 3.99. The van der Waals surface area contributed by atoms with Crippen LogP contribution in [0, 0.1) is 5.41 Å². The molecule has 0 aliphatic carbocycles. The molecule has 1 aromatic carbocycles. The average Bonchev–Trinajstić information content (AvgIpc) is 3.29. The number of nitrogens with one attached hydrogen (secondary N) is 4. The molecule has 1 unspecified atom stereocenters. The van der Waals surface area contributed by atoms with Gasteiger partial charge in [-0.15, -0.1) is 0 Å². The number of hydrogen-bond acceptors (Lipinski definition) is 5. The summed E-state index contributed by atoms with van der Waals surface area (Å²) in [6.07, 6.45) is 12.1. The van der Waals surface area contributed by atoms with E-state index in [2.05, 4.69) is 21.3 Å². The highest BCUT2D eigenvalue weighted by Gasteiger charge is 2.37. The summed E-state index contributed by atoms with van der Waals surface area (Å²) in [5, 5.41) is 12.3. The highest BCUT2D eigenvalue weighted by Crippen LogP contribution is 2.38. The number of ether oxygens (including phenoxy) is 1. The third kappa shape index (κ3) is 4.96. The normalized spacial score (nSPS) is 23.3. The quantitative estimate of drug-likeness (QED) is 0.567. The van der Waals surface area contributed by atoms with E-state index < -0.39 is 0 Å². The Morgan fingerprint density at radius 3 is 2.70 bits per heavy atom. The molecule has 1 atom stereocenters. The van der Waals surface area contributed by atoms with Crippen LogP contribution in [0.25, 0.3) is 0 Å². The van der Waals surface area contributed by atoms with Gasteiger partial charge in [0.05, 0.1) is 19.3 Å². The van der Waals surface area contributed by atoms with Crippen molar-refractivity contribution in [3.8, 4) is 0 Å². The summed E-state index contributed by atoms with van der Waals surface area (Å²) in [7, 11) is 0. The molecule has 174 valence electrons. The lowest BCUT2D eigenvalue weighted by atomic mass is 9.74. The lowest BCUT2D eigenvalue weighted by Crippen LogP contribution is -2.46. The maximum Gasteiger partial charge on any atom is 0.326 e. The van der Waals surface area contributed by atoms with Gasteiger partial charge in [-0.25, -0.2) is 4.79 Å². The molecule has 0 aromatic heterocycles. The van der Waals surface area contributed by atoms with E-state index in [9.17, 15) is 9.59 Å². The van der Waals surface area contributed by atoms with Crippen LogP contribution in [0.5, 0.6) is 0 Å². The van der Waals surface area contributed by atoms with E-state index in [-0.39, 0.29) is 18.0 Å². The molecule has 8 nitrogen and oxygen atoms in total. The van der Waals surface area contributed by atoms with Gasteiger partial charge >= 0.3 is 6.03 Å². The van der Waals surface area contributed by atoms with E-state index in [0.717, 1.165) is 37.3 Å². The standard InChI is InChI=1S/C25H31N5O3/c31-23(28-14-22-5-7-25(17-33-22)8-11-26-12-9-25)18-1-3-21(4-2-18)29-24(32)30-15-19-6-10-27-13-20(19)16-30/h1-4,6,10,13,15,22,26-27H,5,7-9,11-12,14,16-17H2,(H,28,31)(H,29,32). The zero-order valence-corrected chi connectivity index (χ0v) is 18.7. The molecule has 0 bridgehead atoms. The molecular formula is C25H31N5O3. The first kappa shape index (κ1) is 21.7. The second-order valence-electron chi connectivity index (χ2n) is 9.32. The van der Waals surface area contributed by atoms with Crippen LogP contribution in [0.2, 0.25) is 0 Å². The molecule has 1 aromatic rings. The molecule has 4 aliphatic rings. The summed E-state index contributed by atoms with van der Waals surface area (Å²) in [4.78, 5) is 26.8. The highest BCUT2D eigenvalue weighted by atomic mass is 16.5. The van der Waals surface area contributed by atoms with Gasteiger partial charge in [0.1, 0.15) is 0 Å². The maximum atomic E-state index is 12.6. The molecule has 0 radical (unpaired) electrons. The van der Waals surface area contributed by atoms with Crippen LogP contribution in [0.3, 0.4) is 0 Å². The molecule has 3 amide bonds. The van der Waals surface area contributed by atoms with Crippen molar-refractivity contribution in [3.05, 3.63) is 65.7 Å². The van der Waals surface area contributed by atoms with E-state index in [1.165, 1.54) is 19.3 Å². The van der Waals surface area contributed by atoms with Gasteiger partial charge in [0.25, 0.3) is 5.91 Å². The molecule has 4 aliphatic heterocycles. The maximum absolute atomic E-state index is 12.6. The molecule has 4 heterocycles. The van der Waals surface area contributed by atoms with Crippen molar-refractivity contribution in [1.82, 2.24) is 20.9 Å². The molecule has 8 heteroatoms. The van der Waals surface area contributed by atoms with E-state index in [4.69, 9.17) is 4.74 Å². The van der Waals surface area contributed by atoms with Crippen molar-refractivity contribution in [2.75, 3.05) is 38.1 Å². The predicted molar refractivity (Wildman–Crippen MR) is 126 cm³/mol. The number of urea groups is 1. The zero-order chi connectivity index (χ0) is 22.7. The number of amides is 3. The van der Waals surface area contributed by atoms with Gasteiger partial charge in [-0.3, -0.25) is 9.69 Å². The van der Waals surface area contributed by atoms with E-state index in [1.807, 2.05) is 24.7 Å². The number of dihydropyridines is 1. The Kier molecular flexibility index (Phi) is 6.20. The van der Waals surface area contributed by atoms with Gasteiger partial charge in [-0.05, 0) is 85.7 Å². The second-order valence-corrected chi connectivity index (χ2v) is 9.32. The second kappa shape index (κ2) is 9.41. The fourth-order valence-electron chi connectivity index (χ4n) is 4.91. The van der Waals surface area contributed by atoms with Crippen LogP contribution in [0.15, 0.2) is 60.1 Å². The number of nitrogens with zero attached hydrogens (tertiary/aromatic N) is 1. The van der Waals surface area contributed by atoms with Gasteiger partial charge < -0.3 is 26.0 Å². The Balaban J connectivity index is 1.08. The monoisotopic (exact) mass is 449 g/mol. The Morgan fingerprint density at radius 2 is 1.97 bits per heavy atom. The first-order valence-electron chi connectivity index (χ1n) is 11.7. The number of hydrogen-bond donors (Lipinski definition) is 4. The Hall–Kier alpha value is -3.10. The first-order valence-corrected chi connectivity index (χ1v) is 11.7. The lowest BCUT2D eigenvalue weighted by Gasteiger charge is -2.43. The summed E-state index contributed by atoms with van der Waals surface area (Å²) >= 11 is 0. The number of anilines is 1. The third-order valence-electron chi connectivity index (χ3n) is 7.06. The predicted octanol–water partition coefficient (Wildman–Crippen LogP) is 2.70. The molecular weight excluding hydrogens is 418 g/mol. The van der Waals surface area contributed by atoms with Crippen molar-refractivity contribution in [2.45, 2.75) is 31.8 Å². The lowest BCUT2D eigenvalue weighted by molar-refractivity contribution is -0.0721. The Labute approximate surface area is 194 Å². The molecule has 33 heavy (non-hydrogen) atoms. The third-order valence-corrected chi connectivity index (χ3v) is 7.06. The van der Waals surface area contributed by atoms with Crippen molar-refractivity contribution >= 4 is 17.6 Å². The van der Waals surface area contributed by atoms with Crippen LogP contribution in [-0.2, 0) is 4.74 Å². The first-order chi connectivity index (χ1) is 16.1. The minimum absolute atomic E-state index is 0.0754. The minimum Gasteiger partial charge on any atom is -0.376 e. The molecule has 4 N–H and O–H groups in total. The SMILES string of the molecule is O=C(NCC1CCC2(CCNCC2)CO1)c1ccc(NC(=O)N2C=C3C=CNC=C3C2)cc1. The van der Waals surface area contributed by atoms with Gasteiger partial charge in [-0.2, -0.15) is 0 Å². The van der Waals surface area contributed by atoms with E-state index in [1.54, 1.807) is 29.2 Å². The van der Waals surface area contributed by atoms with Crippen LogP contribution in [0.4, 0.5) is 10.5 Å². The molecule has 2 saturated heterocycles. The number of carbonyl (C=O) groups excluding carboxylic acids is 2. The Morgan fingerprint density at radius 1 is 1.15 bits per heavy atom. The van der Waals surface area contributed by atoms with Gasteiger partial charge in [0.2, 0.25) is 0 Å². The van der Waals surface area contributed by atoms with E-state index in [0.29, 0.717) is 29.8 Å². The van der Waals surface area contributed by atoms with Crippen LogP contribution >= 0.6 is 0 Å². The number of allylic oxidation sites excluding steroid dienone is 1. The number of fused-ring (bicyclic) bond motifs is 1.